The van der Waals surface area contributed by atoms with E-state index in [1.54, 1.807) is 47.4 Å². The van der Waals surface area contributed by atoms with Crippen molar-refractivity contribution in [3.8, 4) is 16.9 Å². The van der Waals surface area contributed by atoms with Gasteiger partial charge in [0, 0.05) is 43.1 Å². The van der Waals surface area contributed by atoms with Gasteiger partial charge >= 0.3 is 0 Å². The molecule has 3 aromatic heterocycles. The van der Waals surface area contributed by atoms with Gasteiger partial charge in [-0.2, -0.15) is 5.10 Å². The molecule has 0 unspecified atom stereocenters. The average molecular weight is 513 g/mol. The Kier molecular flexibility index (Phi) is 6.32. The minimum absolute atomic E-state index is 0.000157. The highest BCUT2D eigenvalue weighted by molar-refractivity contribution is 5.83. The van der Waals surface area contributed by atoms with Crippen molar-refractivity contribution in [2.24, 2.45) is 7.05 Å². The Balaban J connectivity index is 1.64. The van der Waals surface area contributed by atoms with Crippen LogP contribution < -0.4 is 11.3 Å². The van der Waals surface area contributed by atoms with Gasteiger partial charge in [0.15, 0.2) is 0 Å². The minimum Gasteiger partial charge on any atom is -0.392 e. The summed E-state index contributed by atoms with van der Waals surface area (Å²) in [5.74, 6) is 0.210. The minimum atomic E-state index is -0.572. The number of nitrogens with zero attached hydrogens (tertiary/aromatic N) is 5. The van der Waals surface area contributed by atoms with Crippen LogP contribution in [0.15, 0.2) is 65.8 Å². The molecule has 194 valence electrons. The van der Waals surface area contributed by atoms with Gasteiger partial charge in [-0.15, -0.1) is 0 Å². The molecular weight excluding hydrogens is 483 g/mol. The van der Waals surface area contributed by atoms with Gasteiger partial charge in [-0.05, 0) is 40.1 Å². The summed E-state index contributed by atoms with van der Waals surface area (Å²) in [6.07, 6.45) is 5.65. The third kappa shape index (κ3) is 4.68. The highest BCUT2D eigenvalue weighted by atomic mass is 19.1. The second-order valence-electron chi connectivity index (χ2n) is 10.4. The lowest BCUT2D eigenvalue weighted by atomic mass is 9.86. The second-order valence-corrected chi connectivity index (χ2v) is 10.4. The van der Waals surface area contributed by atoms with E-state index in [-0.39, 0.29) is 23.2 Å². The summed E-state index contributed by atoms with van der Waals surface area (Å²) in [5.41, 5.74) is 9.08. The van der Waals surface area contributed by atoms with Crippen molar-refractivity contribution in [3.63, 3.8) is 0 Å². The summed E-state index contributed by atoms with van der Waals surface area (Å²) in [5, 5.41) is 15.1. The van der Waals surface area contributed by atoms with Crippen LogP contribution in [0.1, 0.15) is 43.3 Å². The predicted molar refractivity (Wildman–Crippen MR) is 146 cm³/mol. The summed E-state index contributed by atoms with van der Waals surface area (Å²) in [6, 6.07) is 11.9. The Morgan fingerprint density at radius 3 is 2.58 bits per heavy atom. The van der Waals surface area contributed by atoms with Crippen molar-refractivity contribution in [3.05, 3.63) is 99.7 Å². The Labute approximate surface area is 219 Å². The van der Waals surface area contributed by atoms with Gasteiger partial charge < -0.3 is 10.8 Å². The van der Waals surface area contributed by atoms with Gasteiger partial charge in [-0.3, -0.25) is 14.0 Å². The molecule has 0 aliphatic carbocycles. The van der Waals surface area contributed by atoms with E-state index >= 15 is 4.39 Å². The first kappa shape index (κ1) is 25.3. The van der Waals surface area contributed by atoms with Crippen LogP contribution in [-0.4, -0.2) is 29.4 Å². The second kappa shape index (κ2) is 9.50. The summed E-state index contributed by atoms with van der Waals surface area (Å²) < 4.78 is 18.3. The Morgan fingerprint density at radius 1 is 1.11 bits per heavy atom. The number of nitrogen functional groups attached to an aromatic ring is 1. The van der Waals surface area contributed by atoms with Crippen LogP contribution in [0, 0.1) is 5.82 Å². The van der Waals surface area contributed by atoms with Gasteiger partial charge in [0.25, 0.3) is 5.56 Å². The van der Waals surface area contributed by atoms with Crippen molar-refractivity contribution in [2.45, 2.75) is 39.2 Å². The maximum Gasteiger partial charge on any atom is 0.265 e. The fraction of sp³-hybridized carbons (Fsp3) is 0.241. The Hall–Kier alpha value is -4.37. The molecule has 0 bridgehead atoms. The summed E-state index contributed by atoms with van der Waals surface area (Å²) >= 11 is 0. The molecule has 3 N–H and O–H groups in total. The Morgan fingerprint density at radius 2 is 1.89 bits per heavy atom. The van der Waals surface area contributed by atoms with Crippen LogP contribution in [0.3, 0.4) is 0 Å². The highest BCUT2D eigenvalue weighted by Gasteiger charge is 2.20. The zero-order chi connectivity index (χ0) is 27.2. The first-order chi connectivity index (χ1) is 18.0. The summed E-state index contributed by atoms with van der Waals surface area (Å²) in [6.45, 7) is 5.62. The first-order valence-electron chi connectivity index (χ1n) is 12.2. The maximum atomic E-state index is 15.2. The monoisotopic (exact) mass is 512 g/mol. The molecule has 0 radical (unpaired) electrons. The number of pyridine rings is 1. The lowest BCUT2D eigenvalue weighted by Gasteiger charge is -2.20. The van der Waals surface area contributed by atoms with Crippen LogP contribution in [0.25, 0.3) is 27.7 Å². The quantitative estimate of drug-likeness (QED) is 0.364. The van der Waals surface area contributed by atoms with E-state index in [4.69, 9.17) is 5.73 Å². The molecule has 0 amide bonds. The largest absolute Gasteiger partial charge is 0.392 e. The standard InChI is InChI=1S/C29H29FN6O2/c1-29(2,3)19-11-18-8-9-36(28(38)27(18)22(30)12-19)24-7-5-6-20(21(24)16-37)23-13-25(31)34-26(33-23)10-17-14-32-35(4)15-17/h5-9,11-15,37H,10,16H2,1-4H3,(H2,31,33,34). The number of anilines is 1. The van der Waals surface area contributed by atoms with Crippen LogP contribution in [-0.2, 0) is 25.5 Å². The third-order valence-electron chi connectivity index (χ3n) is 6.58. The van der Waals surface area contributed by atoms with E-state index in [2.05, 4.69) is 15.1 Å². The lowest BCUT2D eigenvalue weighted by Crippen LogP contribution is -2.21. The number of fused-ring (bicyclic) bond motifs is 1. The van der Waals surface area contributed by atoms with Crippen molar-refractivity contribution in [1.82, 2.24) is 24.3 Å². The molecule has 0 atom stereocenters. The third-order valence-corrected chi connectivity index (χ3v) is 6.58. The van der Waals surface area contributed by atoms with Crippen molar-refractivity contribution >= 4 is 16.6 Å². The number of rotatable bonds is 5. The number of aromatic nitrogens is 5. The predicted octanol–water partition coefficient (Wildman–Crippen LogP) is 4.28. The smallest absolute Gasteiger partial charge is 0.265 e. The summed E-state index contributed by atoms with van der Waals surface area (Å²) in [4.78, 5) is 22.6. The number of halogens is 1. The molecule has 5 rings (SSSR count). The molecule has 9 heteroatoms. The van der Waals surface area contributed by atoms with Gasteiger partial charge in [-0.25, -0.2) is 14.4 Å². The van der Waals surface area contributed by atoms with Crippen LogP contribution in [0.4, 0.5) is 10.2 Å². The molecule has 5 aromatic rings. The normalized spacial score (nSPS) is 11.8. The topological polar surface area (TPSA) is 112 Å². The van der Waals surface area contributed by atoms with Gasteiger partial charge in [0.05, 0.1) is 29.6 Å². The zero-order valence-electron chi connectivity index (χ0n) is 21.7. The molecule has 8 nitrogen and oxygen atoms in total. The Bertz CT molecular complexity index is 1730. The summed E-state index contributed by atoms with van der Waals surface area (Å²) in [7, 11) is 1.83. The molecule has 0 aliphatic heterocycles. The van der Waals surface area contributed by atoms with E-state index < -0.39 is 11.4 Å². The number of nitrogens with two attached hydrogens (primary N) is 1. The SMILES string of the molecule is Cn1cc(Cc2nc(N)cc(-c3cccc(-n4ccc5cc(C(C)(C)C)cc(F)c5c4=O)c3CO)n2)cn1. The molecule has 0 aliphatic rings. The molecule has 0 fully saturated rings. The number of aryl methyl sites for hydroxylation is 1. The number of aliphatic hydroxyl groups excluding tert-OH is 1. The van der Waals surface area contributed by atoms with Crippen LogP contribution in [0.5, 0.6) is 0 Å². The highest BCUT2D eigenvalue weighted by Crippen LogP contribution is 2.30. The van der Waals surface area contributed by atoms with Gasteiger partial charge in [0.2, 0.25) is 0 Å². The van der Waals surface area contributed by atoms with Crippen molar-refractivity contribution < 1.29 is 9.50 Å². The molecule has 0 saturated heterocycles. The fourth-order valence-electron chi connectivity index (χ4n) is 4.64. The van der Waals surface area contributed by atoms with E-state index in [9.17, 15) is 9.90 Å². The zero-order valence-corrected chi connectivity index (χ0v) is 21.7. The number of aliphatic hydroxyl groups is 1. The fourth-order valence-corrected chi connectivity index (χ4v) is 4.64. The van der Waals surface area contributed by atoms with Crippen LogP contribution >= 0.6 is 0 Å². The van der Waals surface area contributed by atoms with Gasteiger partial charge in [0.1, 0.15) is 17.5 Å². The van der Waals surface area contributed by atoms with E-state index in [1.807, 2.05) is 40.1 Å². The number of hydrogen-bond acceptors (Lipinski definition) is 6. The van der Waals surface area contributed by atoms with E-state index in [0.29, 0.717) is 40.1 Å². The molecular formula is C29H29FN6O2. The molecule has 0 saturated carbocycles. The molecule has 38 heavy (non-hydrogen) atoms. The molecule has 2 aromatic carbocycles. The van der Waals surface area contributed by atoms with E-state index in [1.165, 1.54) is 10.6 Å². The first-order valence-corrected chi connectivity index (χ1v) is 12.2. The average Bonchev–Trinajstić information content (AvgIpc) is 3.26. The molecule has 0 spiro atoms. The number of hydrogen-bond donors (Lipinski definition) is 2. The van der Waals surface area contributed by atoms with Crippen LogP contribution in [0.2, 0.25) is 0 Å². The lowest BCUT2D eigenvalue weighted by molar-refractivity contribution is 0.282. The van der Waals surface area contributed by atoms with Crippen molar-refractivity contribution in [1.29, 1.82) is 0 Å². The van der Waals surface area contributed by atoms with Gasteiger partial charge in [-0.1, -0.05) is 39.0 Å². The molecule has 3 heterocycles. The van der Waals surface area contributed by atoms with E-state index in [0.717, 1.165) is 11.1 Å². The number of benzene rings is 2. The maximum absolute atomic E-state index is 15.2. The van der Waals surface area contributed by atoms with Crippen molar-refractivity contribution in [2.75, 3.05) is 5.73 Å².